The predicted molar refractivity (Wildman–Crippen MR) is 147 cm³/mol. The summed E-state index contributed by atoms with van der Waals surface area (Å²) in [6.45, 7) is 12.8. The van der Waals surface area contributed by atoms with Gasteiger partial charge in [0.2, 0.25) is 0 Å². The van der Waals surface area contributed by atoms with Gasteiger partial charge in [-0.2, -0.15) is 0 Å². The van der Waals surface area contributed by atoms with Crippen LogP contribution in [0.5, 0.6) is 0 Å². The molecular weight excluding hydrogens is 480 g/mol. The summed E-state index contributed by atoms with van der Waals surface area (Å²) in [5.41, 5.74) is 2.20. The molecule has 0 unspecified atom stereocenters. The highest BCUT2D eigenvalue weighted by Gasteiger charge is 2.23. The van der Waals surface area contributed by atoms with Gasteiger partial charge in [-0.3, -0.25) is 19.2 Å². The molecule has 1 aliphatic rings. The molecule has 2 amide bonds. The molecule has 0 spiro atoms. The number of hydrogen-bond acceptors (Lipinski definition) is 6. The van der Waals surface area contributed by atoms with Crippen LogP contribution >= 0.6 is 0 Å². The molecule has 0 aliphatic carbocycles. The fraction of sp³-hybridized carbons (Fsp3) is 0.533. The van der Waals surface area contributed by atoms with Crippen molar-refractivity contribution < 1.29 is 19.2 Å². The number of nitrogens with zero attached hydrogens (tertiary/aromatic N) is 2. The highest BCUT2D eigenvalue weighted by Crippen LogP contribution is 2.26. The number of carbonyl (C=O) groups is 4. The SMILES string of the molecule is CC(C)(C)c1cc2nc(c1)C(=O)NCCCNC(=O)c1cc(C(C)(C)C)cc(n1)C(=O)CCCCCC2=O. The van der Waals surface area contributed by atoms with E-state index in [-0.39, 0.29) is 69.8 Å². The number of aromatic nitrogens is 2. The molecule has 3 rings (SSSR count). The van der Waals surface area contributed by atoms with Crippen molar-refractivity contribution >= 4 is 23.4 Å². The van der Waals surface area contributed by atoms with Crippen LogP contribution in [0.1, 0.15) is 133 Å². The smallest absolute Gasteiger partial charge is 0.269 e. The Morgan fingerprint density at radius 2 is 0.921 bits per heavy atom. The third-order valence-corrected chi connectivity index (χ3v) is 6.65. The fourth-order valence-corrected chi connectivity index (χ4v) is 4.12. The molecule has 0 aromatic carbocycles. The minimum absolute atomic E-state index is 0.113. The normalized spacial score (nSPS) is 17.0. The van der Waals surface area contributed by atoms with Gasteiger partial charge in [0.1, 0.15) is 22.8 Å². The van der Waals surface area contributed by atoms with Crippen LogP contribution in [0.2, 0.25) is 0 Å². The van der Waals surface area contributed by atoms with Gasteiger partial charge >= 0.3 is 0 Å². The second kappa shape index (κ2) is 12.0. The average molecular weight is 521 g/mol. The molecule has 3 heterocycles. The summed E-state index contributed by atoms with van der Waals surface area (Å²) in [5, 5.41) is 5.68. The van der Waals surface area contributed by atoms with Crippen molar-refractivity contribution in [2.24, 2.45) is 0 Å². The Labute approximate surface area is 225 Å². The first-order chi connectivity index (χ1) is 17.8. The quantitative estimate of drug-likeness (QED) is 0.507. The summed E-state index contributed by atoms with van der Waals surface area (Å²) in [6.07, 6.45) is 2.98. The van der Waals surface area contributed by atoms with Crippen LogP contribution in [0.15, 0.2) is 24.3 Å². The van der Waals surface area contributed by atoms with Crippen LogP contribution in [-0.4, -0.2) is 46.4 Å². The van der Waals surface area contributed by atoms with Gasteiger partial charge in [-0.05, 0) is 65.5 Å². The van der Waals surface area contributed by atoms with E-state index in [4.69, 9.17) is 0 Å². The number of pyridine rings is 2. The van der Waals surface area contributed by atoms with Crippen molar-refractivity contribution in [1.82, 2.24) is 20.6 Å². The third-order valence-electron chi connectivity index (χ3n) is 6.65. The summed E-state index contributed by atoms with van der Waals surface area (Å²) >= 11 is 0. The highest BCUT2D eigenvalue weighted by atomic mass is 16.2. The van der Waals surface area contributed by atoms with Crippen LogP contribution in [0.4, 0.5) is 0 Å². The molecule has 8 heteroatoms. The molecule has 4 bridgehead atoms. The summed E-state index contributed by atoms with van der Waals surface area (Å²) < 4.78 is 0. The Morgan fingerprint density at radius 1 is 0.553 bits per heavy atom. The maximum Gasteiger partial charge on any atom is 0.269 e. The highest BCUT2D eigenvalue weighted by molar-refractivity contribution is 5.98. The molecule has 0 fully saturated rings. The molecule has 38 heavy (non-hydrogen) atoms. The summed E-state index contributed by atoms with van der Waals surface area (Å²) in [4.78, 5) is 60.4. The molecule has 0 atom stereocenters. The first-order valence-electron chi connectivity index (χ1n) is 13.4. The van der Waals surface area contributed by atoms with E-state index in [0.29, 0.717) is 38.8 Å². The zero-order chi connectivity index (χ0) is 28.1. The van der Waals surface area contributed by atoms with E-state index in [0.717, 1.165) is 11.1 Å². The lowest BCUT2D eigenvalue weighted by molar-refractivity contribution is 0.0945. The minimum atomic E-state index is -0.353. The van der Waals surface area contributed by atoms with Gasteiger partial charge in [-0.1, -0.05) is 48.0 Å². The van der Waals surface area contributed by atoms with Crippen molar-refractivity contribution in [2.75, 3.05) is 13.1 Å². The molecule has 2 aromatic rings. The van der Waals surface area contributed by atoms with Gasteiger partial charge in [0.25, 0.3) is 11.8 Å². The molecule has 0 saturated heterocycles. The van der Waals surface area contributed by atoms with Crippen molar-refractivity contribution in [3.8, 4) is 0 Å². The summed E-state index contributed by atoms with van der Waals surface area (Å²) in [5.74, 6) is -0.933. The van der Waals surface area contributed by atoms with Crippen molar-refractivity contribution in [1.29, 1.82) is 0 Å². The van der Waals surface area contributed by atoms with Crippen LogP contribution in [0.3, 0.4) is 0 Å². The topological polar surface area (TPSA) is 118 Å². The standard InChI is InChI=1S/C30H40N4O4/c1-29(2,3)19-15-21-25(35)11-8-7-9-12-26(36)22-16-20(30(4,5)6)18-24(34-22)28(38)32-14-10-13-31-27(37)23(17-19)33-21/h15-18H,7-14H2,1-6H3,(H,31,37)(H,32,38). The monoisotopic (exact) mass is 520 g/mol. The van der Waals surface area contributed by atoms with E-state index >= 15 is 0 Å². The molecule has 0 radical (unpaired) electrons. The second-order valence-electron chi connectivity index (χ2n) is 12.0. The average Bonchev–Trinajstić information content (AvgIpc) is 2.85. The van der Waals surface area contributed by atoms with Gasteiger partial charge < -0.3 is 10.6 Å². The van der Waals surface area contributed by atoms with Crippen molar-refractivity contribution in [3.05, 3.63) is 58.2 Å². The Morgan fingerprint density at radius 3 is 1.29 bits per heavy atom. The van der Waals surface area contributed by atoms with E-state index in [1.54, 1.807) is 24.3 Å². The Hall–Kier alpha value is -3.42. The number of rotatable bonds is 0. The number of ketones is 2. The van der Waals surface area contributed by atoms with Crippen molar-refractivity contribution in [3.63, 3.8) is 0 Å². The lowest BCUT2D eigenvalue weighted by Crippen LogP contribution is -2.31. The largest absolute Gasteiger partial charge is 0.351 e. The fourth-order valence-electron chi connectivity index (χ4n) is 4.12. The zero-order valence-electron chi connectivity index (χ0n) is 23.5. The molecular formula is C30H40N4O4. The lowest BCUT2D eigenvalue weighted by atomic mass is 9.86. The third kappa shape index (κ3) is 7.79. The predicted octanol–water partition coefficient (Wildman–Crippen LogP) is 4.95. The zero-order valence-corrected chi connectivity index (χ0v) is 23.5. The van der Waals surface area contributed by atoms with E-state index in [2.05, 4.69) is 20.6 Å². The summed E-state index contributed by atoms with van der Waals surface area (Å²) in [6, 6.07) is 7.01. The Bertz CT molecular complexity index is 1050. The van der Waals surface area contributed by atoms with E-state index in [9.17, 15) is 19.2 Å². The first kappa shape index (κ1) is 29.1. The molecule has 2 N–H and O–H groups in total. The van der Waals surface area contributed by atoms with Crippen LogP contribution in [0.25, 0.3) is 0 Å². The Kier molecular flexibility index (Phi) is 9.18. The molecule has 0 saturated carbocycles. The van der Waals surface area contributed by atoms with Gasteiger partial charge in [0, 0.05) is 25.9 Å². The number of nitrogens with one attached hydrogen (secondary N) is 2. The van der Waals surface area contributed by atoms with Gasteiger partial charge in [-0.25, -0.2) is 9.97 Å². The van der Waals surface area contributed by atoms with Gasteiger partial charge in [0.05, 0.1) is 0 Å². The molecule has 204 valence electrons. The molecule has 1 aliphatic heterocycles. The minimum Gasteiger partial charge on any atom is -0.351 e. The number of Topliss-reactive ketones (excluding diaryl/α,β-unsaturated/α-hetero) is 2. The molecule has 8 nitrogen and oxygen atoms in total. The first-order valence-corrected chi connectivity index (χ1v) is 13.4. The number of amides is 2. The van der Waals surface area contributed by atoms with Gasteiger partial charge in [-0.15, -0.1) is 0 Å². The second-order valence-corrected chi connectivity index (χ2v) is 12.0. The number of hydrogen-bond donors (Lipinski definition) is 2. The van der Waals surface area contributed by atoms with E-state index in [1.807, 2.05) is 41.5 Å². The van der Waals surface area contributed by atoms with Crippen LogP contribution in [-0.2, 0) is 10.8 Å². The van der Waals surface area contributed by atoms with Crippen molar-refractivity contribution in [2.45, 2.75) is 90.9 Å². The van der Waals surface area contributed by atoms with E-state index < -0.39 is 0 Å². The number of fused-ring (bicyclic) bond motifs is 4. The molecule has 2 aromatic heterocycles. The number of carbonyl (C=O) groups excluding carboxylic acids is 4. The van der Waals surface area contributed by atoms with Crippen LogP contribution < -0.4 is 10.6 Å². The lowest BCUT2D eigenvalue weighted by Gasteiger charge is -2.21. The summed E-state index contributed by atoms with van der Waals surface area (Å²) in [7, 11) is 0. The van der Waals surface area contributed by atoms with Crippen LogP contribution in [0, 0.1) is 0 Å². The Balaban J connectivity index is 1.85. The van der Waals surface area contributed by atoms with Gasteiger partial charge in [0.15, 0.2) is 11.6 Å². The maximum atomic E-state index is 13.0. The van der Waals surface area contributed by atoms with E-state index in [1.165, 1.54) is 0 Å². The maximum absolute atomic E-state index is 13.0.